The van der Waals surface area contributed by atoms with Crippen LogP contribution in [0.25, 0.3) is 11.1 Å². The molecule has 11 heteroatoms. The molecule has 1 amide bonds. The fourth-order valence-corrected chi connectivity index (χ4v) is 6.66. The van der Waals surface area contributed by atoms with Crippen molar-refractivity contribution in [2.45, 2.75) is 31.7 Å². The highest BCUT2D eigenvalue weighted by molar-refractivity contribution is 7.89. The molecule has 0 bridgehead atoms. The molecule has 0 saturated carbocycles. The van der Waals surface area contributed by atoms with E-state index in [0.717, 1.165) is 42.0 Å². The van der Waals surface area contributed by atoms with E-state index in [9.17, 15) is 13.2 Å². The van der Waals surface area contributed by atoms with Gasteiger partial charge in [-0.15, -0.1) is 0 Å². The number of carbonyl (C=O) groups excluding carboxylic acids is 1. The van der Waals surface area contributed by atoms with E-state index in [1.807, 2.05) is 23.1 Å². The van der Waals surface area contributed by atoms with Gasteiger partial charge >= 0.3 is 0 Å². The molecule has 1 aliphatic rings. The summed E-state index contributed by atoms with van der Waals surface area (Å²) < 4.78 is 28.1. The third kappa shape index (κ3) is 6.78. The minimum Gasteiger partial charge on any atom is -0.345 e. The average Bonchev–Trinajstić information content (AvgIpc) is 3.42. The molecule has 1 fully saturated rings. The molecule has 1 aliphatic heterocycles. The molecule has 9 nitrogen and oxygen atoms in total. The number of carbonyl (C=O) groups is 1. The second-order valence-corrected chi connectivity index (χ2v) is 12.9. The molecular formula is C27H35N5O4S2. The van der Waals surface area contributed by atoms with Gasteiger partial charge in [-0.1, -0.05) is 55.5 Å². The second kappa shape index (κ2) is 12.4. The van der Waals surface area contributed by atoms with Crippen LogP contribution in [0.1, 0.15) is 35.5 Å². The van der Waals surface area contributed by atoms with Crippen molar-refractivity contribution in [3.63, 3.8) is 0 Å². The Kier molecular flexibility index (Phi) is 9.16. The van der Waals surface area contributed by atoms with E-state index >= 15 is 0 Å². The molecule has 2 heterocycles. The van der Waals surface area contributed by atoms with Gasteiger partial charge in [0.15, 0.2) is 5.13 Å². The summed E-state index contributed by atoms with van der Waals surface area (Å²) in [6.45, 7) is 7.95. The van der Waals surface area contributed by atoms with Crippen LogP contribution in [0.2, 0.25) is 0 Å². The molecule has 1 saturated heterocycles. The van der Waals surface area contributed by atoms with E-state index in [0.29, 0.717) is 42.1 Å². The van der Waals surface area contributed by atoms with Crippen LogP contribution in [-0.4, -0.2) is 73.5 Å². The Hall–Kier alpha value is -2.83. The number of aromatic nitrogens is 1. The van der Waals surface area contributed by atoms with E-state index in [2.05, 4.69) is 49.0 Å². The number of sulfonamides is 1. The van der Waals surface area contributed by atoms with E-state index in [1.54, 1.807) is 17.6 Å². The van der Waals surface area contributed by atoms with Crippen molar-refractivity contribution in [2.75, 3.05) is 44.7 Å². The first-order valence-corrected chi connectivity index (χ1v) is 15.0. The maximum Gasteiger partial charge on any atom is 0.286 e. The van der Waals surface area contributed by atoms with Crippen molar-refractivity contribution in [2.24, 2.45) is 5.92 Å². The Bertz CT molecular complexity index is 1330. The number of nitrogens with zero attached hydrogens (tertiary/aromatic N) is 4. The smallest absolute Gasteiger partial charge is 0.286 e. The zero-order valence-electron chi connectivity index (χ0n) is 22.0. The fraction of sp³-hybridized carbons (Fsp3) is 0.407. The van der Waals surface area contributed by atoms with Gasteiger partial charge in [-0.2, -0.15) is 4.31 Å². The Morgan fingerprint density at radius 2 is 1.82 bits per heavy atom. The number of hydroxylamine groups is 1. The lowest BCUT2D eigenvalue weighted by Crippen LogP contribution is -2.48. The first-order chi connectivity index (χ1) is 18.2. The standard InChI is InChI=1S/C27H35N5O4S2/c1-20(2)11-12-30(3)19-21-5-4-6-23(17-21)22-7-9-24(10-8-22)38(35,36)32-15-13-31(14-16-32)27-28-18-25(37-27)26(33)29-34/h4-10,17-18,20,34H,11-16,19H2,1-3H3,(H,29,33). The molecule has 204 valence electrons. The van der Waals surface area contributed by atoms with Crippen molar-refractivity contribution in [1.29, 1.82) is 0 Å². The van der Waals surface area contributed by atoms with Gasteiger partial charge in [0.05, 0.1) is 11.1 Å². The Morgan fingerprint density at radius 3 is 2.47 bits per heavy atom. The highest BCUT2D eigenvalue weighted by atomic mass is 32.2. The van der Waals surface area contributed by atoms with Crippen LogP contribution in [0.3, 0.4) is 0 Å². The molecule has 38 heavy (non-hydrogen) atoms. The molecule has 2 N–H and O–H groups in total. The Balaban J connectivity index is 1.38. The normalized spacial score (nSPS) is 14.8. The average molecular weight is 558 g/mol. The first kappa shape index (κ1) is 28.2. The van der Waals surface area contributed by atoms with Crippen LogP contribution in [0, 0.1) is 5.92 Å². The molecule has 3 aromatic rings. The Labute approximate surface area is 228 Å². The molecule has 0 radical (unpaired) electrons. The molecule has 0 spiro atoms. The van der Waals surface area contributed by atoms with Gasteiger partial charge in [0.25, 0.3) is 5.91 Å². The number of hydrogen-bond acceptors (Lipinski definition) is 8. The van der Waals surface area contributed by atoms with Gasteiger partial charge in [0, 0.05) is 32.7 Å². The number of benzene rings is 2. The summed E-state index contributed by atoms with van der Waals surface area (Å²) in [7, 11) is -1.49. The fourth-order valence-electron chi connectivity index (χ4n) is 4.38. The number of anilines is 1. The number of thiazole rings is 1. The predicted molar refractivity (Wildman–Crippen MR) is 150 cm³/mol. The van der Waals surface area contributed by atoms with Crippen LogP contribution < -0.4 is 10.4 Å². The number of nitrogens with one attached hydrogen (secondary N) is 1. The number of amides is 1. The van der Waals surface area contributed by atoms with Crippen molar-refractivity contribution in [3.05, 3.63) is 65.2 Å². The van der Waals surface area contributed by atoms with Gasteiger partial charge in [-0.25, -0.2) is 18.9 Å². The zero-order chi connectivity index (χ0) is 27.3. The summed E-state index contributed by atoms with van der Waals surface area (Å²) in [4.78, 5) is 20.6. The number of rotatable bonds is 10. The predicted octanol–water partition coefficient (Wildman–Crippen LogP) is 3.92. The lowest BCUT2D eigenvalue weighted by molar-refractivity contribution is 0.0710. The quantitative estimate of drug-likeness (QED) is 0.288. The minimum absolute atomic E-state index is 0.274. The van der Waals surface area contributed by atoms with E-state index in [4.69, 9.17) is 5.21 Å². The first-order valence-electron chi connectivity index (χ1n) is 12.7. The highest BCUT2D eigenvalue weighted by Crippen LogP contribution is 2.27. The highest BCUT2D eigenvalue weighted by Gasteiger charge is 2.29. The summed E-state index contributed by atoms with van der Waals surface area (Å²) in [5.74, 6) is 0.0647. The molecule has 4 rings (SSSR count). The lowest BCUT2D eigenvalue weighted by atomic mass is 10.0. The van der Waals surface area contributed by atoms with E-state index in [-0.39, 0.29) is 4.90 Å². The van der Waals surface area contributed by atoms with E-state index in [1.165, 1.54) is 16.1 Å². The maximum absolute atomic E-state index is 13.3. The maximum atomic E-state index is 13.3. The monoisotopic (exact) mass is 557 g/mol. The zero-order valence-corrected chi connectivity index (χ0v) is 23.6. The second-order valence-electron chi connectivity index (χ2n) is 9.98. The van der Waals surface area contributed by atoms with Crippen molar-refractivity contribution in [3.8, 4) is 11.1 Å². The van der Waals surface area contributed by atoms with Crippen LogP contribution >= 0.6 is 11.3 Å². The van der Waals surface area contributed by atoms with Gasteiger partial charge in [0.1, 0.15) is 4.88 Å². The third-order valence-electron chi connectivity index (χ3n) is 6.62. The van der Waals surface area contributed by atoms with Gasteiger partial charge in [-0.05, 0) is 60.8 Å². The van der Waals surface area contributed by atoms with Gasteiger partial charge in [-0.3, -0.25) is 10.0 Å². The molecule has 2 aromatic carbocycles. The summed E-state index contributed by atoms with van der Waals surface area (Å²) in [5.41, 5.74) is 4.87. The molecule has 1 aromatic heterocycles. The summed E-state index contributed by atoms with van der Waals surface area (Å²) in [5, 5.41) is 9.41. The number of hydrogen-bond donors (Lipinski definition) is 2. The molecule has 0 aliphatic carbocycles. The van der Waals surface area contributed by atoms with Crippen molar-refractivity contribution in [1.82, 2.24) is 19.7 Å². The summed E-state index contributed by atoms with van der Waals surface area (Å²) in [6.07, 6.45) is 2.56. The number of piperazine rings is 1. The van der Waals surface area contributed by atoms with Crippen LogP contribution in [0.15, 0.2) is 59.6 Å². The van der Waals surface area contributed by atoms with Gasteiger partial charge < -0.3 is 9.80 Å². The Morgan fingerprint density at radius 1 is 1.11 bits per heavy atom. The minimum atomic E-state index is -3.63. The van der Waals surface area contributed by atoms with Crippen LogP contribution in [0.4, 0.5) is 5.13 Å². The SMILES string of the molecule is CC(C)CCN(C)Cc1cccc(-c2ccc(S(=O)(=O)N3CCN(c4ncc(C(=O)NO)s4)CC3)cc2)c1. The van der Waals surface area contributed by atoms with Crippen molar-refractivity contribution < 1.29 is 18.4 Å². The third-order valence-corrected chi connectivity index (χ3v) is 9.59. The van der Waals surface area contributed by atoms with Crippen LogP contribution in [-0.2, 0) is 16.6 Å². The van der Waals surface area contributed by atoms with Crippen molar-refractivity contribution >= 4 is 32.4 Å². The largest absolute Gasteiger partial charge is 0.345 e. The molecular weight excluding hydrogens is 522 g/mol. The van der Waals surface area contributed by atoms with E-state index < -0.39 is 15.9 Å². The summed E-state index contributed by atoms with van der Waals surface area (Å²) in [6, 6.07) is 15.5. The van der Waals surface area contributed by atoms with Crippen LogP contribution in [0.5, 0.6) is 0 Å². The lowest BCUT2D eigenvalue weighted by Gasteiger charge is -2.33. The molecule has 0 atom stereocenters. The summed E-state index contributed by atoms with van der Waals surface area (Å²) >= 11 is 1.16. The van der Waals surface area contributed by atoms with Gasteiger partial charge in [0.2, 0.25) is 10.0 Å². The molecule has 0 unspecified atom stereocenters. The topological polar surface area (TPSA) is 106 Å².